The Morgan fingerprint density at radius 2 is 1.25 bits per heavy atom. The van der Waals surface area contributed by atoms with Crippen LogP contribution in [0.2, 0.25) is 0 Å². The first kappa shape index (κ1) is 32.3. The summed E-state index contributed by atoms with van der Waals surface area (Å²) in [6.07, 6.45) is 10.2. The van der Waals surface area contributed by atoms with Crippen LogP contribution in [0.3, 0.4) is 0 Å². The molecule has 0 bridgehead atoms. The van der Waals surface area contributed by atoms with Gasteiger partial charge in [0.2, 0.25) is 0 Å². The maximum atomic E-state index is 4.99. The Kier molecular flexibility index (Phi) is 8.52. The number of hydrogen-bond donors (Lipinski definition) is 0. The van der Waals surface area contributed by atoms with E-state index in [-0.39, 0.29) is 0 Å². The predicted molar refractivity (Wildman–Crippen MR) is 212 cm³/mol. The number of nitrogens with zero attached hydrogens (tertiary/aromatic N) is 6. The van der Waals surface area contributed by atoms with E-state index >= 15 is 0 Å². The number of anilines is 3. The summed E-state index contributed by atoms with van der Waals surface area (Å²) < 4.78 is 6.51. The molecule has 8 aromatic rings. The SMILES string of the molecule is CC(C)Cc1cccc(CC(C)C)c1-n1cnc(-c2cccc(N(c3ccccc3)c3ccc4c5ccccc5n(-c5cn(C)cn5)c4c3)c2)c1. The summed E-state index contributed by atoms with van der Waals surface area (Å²) in [5, 5.41) is 2.40. The van der Waals surface area contributed by atoms with Gasteiger partial charge in [0.15, 0.2) is 5.82 Å². The molecule has 51 heavy (non-hydrogen) atoms. The fourth-order valence-corrected chi connectivity index (χ4v) is 7.47. The van der Waals surface area contributed by atoms with Crippen molar-refractivity contribution < 1.29 is 0 Å². The standard InChI is InChI=1S/C45H44N6/c1-31(2)23-34-14-11-15-35(24-32(3)4)45(34)49-27-41(46-30-49)33-13-12-18-37(25-33)50(36-16-7-6-8-17-36)38-21-22-40-39-19-9-10-20-42(39)51(43(40)26-38)44-28-48(5)29-47-44/h6-22,25-32H,23-24H2,1-5H3. The minimum atomic E-state index is 0.561. The van der Waals surface area contributed by atoms with Gasteiger partial charge in [-0.15, -0.1) is 0 Å². The molecule has 8 rings (SSSR count). The van der Waals surface area contributed by atoms with Crippen molar-refractivity contribution in [2.45, 2.75) is 40.5 Å². The number of imidazole rings is 2. The summed E-state index contributed by atoms with van der Waals surface area (Å²) in [7, 11) is 2.01. The van der Waals surface area contributed by atoms with Gasteiger partial charge in [-0.25, -0.2) is 9.97 Å². The van der Waals surface area contributed by atoms with Crippen LogP contribution in [0.25, 0.3) is 44.6 Å². The average Bonchev–Trinajstić information content (AvgIpc) is 3.86. The summed E-state index contributed by atoms with van der Waals surface area (Å²) in [5.74, 6) is 2.02. The number of aryl methyl sites for hydroxylation is 1. The molecule has 0 saturated heterocycles. The second-order valence-electron chi connectivity index (χ2n) is 14.5. The molecule has 0 saturated carbocycles. The van der Waals surface area contributed by atoms with Crippen LogP contribution < -0.4 is 4.90 Å². The van der Waals surface area contributed by atoms with Gasteiger partial charge in [0.1, 0.15) is 0 Å². The highest BCUT2D eigenvalue weighted by molar-refractivity contribution is 6.10. The maximum absolute atomic E-state index is 4.99. The lowest BCUT2D eigenvalue weighted by Crippen LogP contribution is -2.10. The van der Waals surface area contributed by atoms with E-state index in [9.17, 15) is 0 Å². The Labute approximate surface area is 300 Å². The quantitative estimate of drug-likeness (QED) is 0.146. The number of aromatic nitrogens is 5. The molecule has 254 valence electrons. The van der Waals surface area contributed by atoms with Gasteiger partial charge in [0, 0.05) is 52.8 Å². The molecule has 0 aliphatic heterocycles. The Morgan fingerprint density at radius 3 is 1.98 bits per heavy atom. The van der Waals surface area contributed by atoms with Crippen molar-refractivity contribution in [3.8, 4) is 22.8 Å². The lowest BCUT2D eigenvalue weighted by Gasteiger charge is -2.26. The van der Waals surface area contributed by atoms with Gasteiger partial charge in [-0.2, -0.15) is 0 Å². The van der Waals surface area contributed by atoms with Crippen LogP contribution in [0.4, 0.5) is 17.1 Å². The third-order valence-corrected chi connectivity index (χ3v) is 9.55. The van der Waals surface area contributed by atoms with Crippen LogP contribution in [0.5, 0.6) is 0 Å². The number of fused-ring (bicyclic) bond motifs is 3. The number of benzene rings is 5. The molecule has 0 unspecified atom stereocenters. The fourth-order valence-electron chi connectivity index (χ4n) is 7.47. The zero-order chi connectivity index (χ0) is 35.1. The summed E-state index contributed by atoms with van der Waals surface area (Å²) in [4.78, 5) is 12.1. The van der Waals surface area contributed by atoms with E-state index in [0.29, 0.717) is 11.8 Å². The van der Waals surface area contributed by atoms with Gasteiger partial charge < -0.3 is 14.0 Å². The second kappa shape index (κ2) is 13.4. The second-order valence-corrected chi connectivity index (χ2v) is 14.5. The Bertz CT molecular complexity index is 2430. The molecule has 0 spiro atoms. The molecule has 0 aliphatic carbocycles. The maximum Gasteiger partial charge on any atom is 0.155 e. The van der Waals surface area contributed by atoms with Crippen molar-refractivity contribution in [1.82, 2.24) is 23.7 Å². The molecular weight excluding hydrogens is 625 g/mol. The molecule has 6 heteroatoms. The van der Waals surface area contributed by atoms with Gasteiger partial charge >= 0.3 is 0 Å². The first-order valence-electron chi connectivity index (χ1n) is 18.0. The highest BCUT2D eigenvalue weighted by atomic mass is 15.2. The van der Waals surface area contributed by atoms with E-state index in [1.165, 1.54) is 27.6 Å². The van der Waals surface area contributed by atoms with E-state index < -0.39 is 0 Å². The van der Waals surface area contributed by atoms with Crippen molar-refractivity contribution >= 4 is 38.9 Å². The van der Waals surface area contributed by atoms with Crippen LogP contribution >= 0.6 is 0 Å². The van der Waals surface area contributed by atoms with Crippen molar-refractivity contribution in [2.75, 3.05) is 4.90 Å². The predicted octanol–water partition coefficient (Wildman–Crippen LogP) is 11.2. The highest BCUT2D eigenvalue weighted by Gasteiger charge is 2.19. The molecule has 3 aromatic heterocycles. The molecule has 0 radical (unpaired) electrons. The monoisotopic (exact) mass is 668 g/mol. The lowest BCUT2D eigenvalue weighted by molar-refractivity contribution is 0.631. The third-order valence-electron chi connectivity index (χ3n) is 9.55. The van der Waals surface area contributed by atoms with Crippen LogP contribution in [-0.2, 0) is 19.9 Å². The fraction of sp³-hybridized carbons (Fsp3) is 0.200. The number of hydrogen-bond acceptors (Lipinski definition) is 3. The molecule has 5 aromatic carbocycles. The molecule has 0 aliphatic rings. The number of para-hydroxylation sites is 3. The Hall–Kier alpha value is -5.88. The van der Waals surface area contributed by atoms with Crippen LogP contribution in [0, 0.1) is 11.8 Å². The van der Waals surface area contributed by atoms with Gasteiger partial charge in [-0.05, 0) is 78.3 Å². The normalized spacial score (nSPS) is 11.7. The third kappa shape index (κ3) is 6.23. The van der Waals surface area contributed by atoms with Gasteiger partial charge in [0.05, 0.1) is 35.1 Å². The largest absolute Gasteiger partial charge is 0.338 e. The van der Waals surface area contributed by atoms with Crippen molar-refractivity contribution in [3.63, 3.8) is 0 Å². The van der Waals surface area contributed by atoms with E-state index in [1.54, 1.807) is 0 Å². The van der Waals surface area contributed by atoms with Gasteiger partial charge in [0.25, 0.3) is 0 Å². The first-order chi connectivity index (χ1) is 24.8. The zero-order valence-electron chi connectivity index (χ0n) is 30.0. The van der Waals surface area contributed by atoms with E-state index in [0.717, 1.165) is 58.0 Å². The number of rotatable bonds is 10. The van der Waals surface area contributed by atoms with Crippen molar-refractivity contribution in [1.29, 1.82) is 0 Å². The zero-order valence-corrected chi connectivity index (χ0v) is 30.0. The van der Waals surface area contributed by atoms with Crippen LogP contribution in [0.15, 0.2) is 140 Å². The summed E-state index contributed by atoms with van der Waals surface area (Å²) in [5.41, 5.74) is 11.5. The highest BCUT2D eigenvalue weighted by Crippen LogP contribution is 2.40. The Balaban J connectivity index is 1.24. The van der Waals surface area contributed by atoms with Crippen molar-refractivity contribution in [3.05, 3.63) is 151 Å². The molecule has 3 heterocycles. The Morgan fingerprint density at radius 1 is 0.588 bits per heavy atom. The summed E-state index contributed by atoms with van der Waals surface area (Å²) in [6, 6.07) is 41.5. The van der Waals surface area contributed by atoms with E-state index in [4.69, 9.17) is 9.97 Å². The molecule has 6 nitrogen and oxygen atoms in total. The smallest absolute Gasteiger partial charge is 0.155 e. The summed E-state index contributed by atoms with van der Waals surface area (Å²) >= 11 is 0. The van der Waals surface area contributed by atoms with Gasteiger partial charge in [-0.1, -0.05) is 100 Å². The summed E-state index contributed by atoms with van der Waals surface area (Å²) in [6.45, 7) is 9.16. The topological polar surface area (TPSA) is 43.8 Å². The molecule has 0 N–H and O–H groups in total. The van der Waals surface area contributed by atoms with Crippen molar-refractivity contribution in [2.24, 2.45) is 18.9 Å². The molecule has 0 amide bonds. The molecular formula is C45H44N6. The minimum Gasteiger partial charge on any atom is -0.338 e. The average molecular weight is 669 g/mol. The van der Waals surface area contributed by atoms with Gasteiger partial charge in [-0.3, -0.25) is 4.57 Å². The lowest BCUT2D eigenvalue weighted by atomic mass is 9.94. The minimum absolute atomic E-state index is 0.561. The van der Waals surface area contributed by atoms with E-state index in [2.05, 4.69) is 169 Å². The van der Waals surface area contributed by atoms with Crippen LogP contribution in [-0.4, -0.2) is 23.7 Å². The first-order valence-corrected chi connectivity index (χ1v) is 18.0. The van der Waals surface area contributed by atoms with Crippen LogP contribution in [0.1, 0.15) is 38.8 Å². The van der Waals surface area contributed by atoms with E-state index in [1.807, 2.05) is 24.3 Å². The molecule has 0 fully saturated rings. The molecule has 0 atom stereocenters.